The predicted molar refractivity (Wildman–Crippen MR) is 137 cm³/mol. The molecule has 1 saturated heterocycles. The molecule has 0 atom stereocenters. The maximum Gasteiger partial charge on any atom is 0.294 e. The fraction of sp³-hybridized carbons (Fsp3) is 0.120. The van der Waals surface area contributed by atoms with Crippen LogP contribution in [0.3, 0.4) is 0 Å². The number of nitrogens with zero attached hydrogens (tertiary/aromatic N) is 2. The second kappa shape index (κ2) is 11.7. The number of imide groups is 1. The summed E-state index contributed by atoms with van der Waals surface area (Å²) in [5.41, 5.74) is 0.576. The molecule has 2 heterocycles. The van der Waals surface area contributed by atoms with Crippen molar-refractivity contribution < 1.29 is 37.0 Å². The largest absolute Gasteiger partial charge is 0.493 e. The van der Waals surface area contributed by atoms with E-state index in [1.54, 1.807) is 30.5 Å². The molecule has 1 N–H and O–H groups in total. The zero-order valence-corrected chi connectivity index (χ0v) is 21.9. The Labute approximate surface area is 226 Å². The van der Waals surface area contributed by atoms with Crippen LogP contribution < -0.4 is 14.8 Å². The first-order valence-electron chi connectivity index (χ1n) is 10.8. The summed E-state index contributed by atoms with van der Waals surface area (Å²) >= 11 is 4.03. The molecule has 1 aromatic heterocycles. The minimum atomic E-state index is -1.76. The lowest BCUT2D eigenvalue weighted by Gasteiger charge is -2.14. The van der Waals surface area contributed by atoms with E-state index in [1.165, 1.54) is 13.2 Å². The number of aromatic nitrogens is 1. The molecule has 0 bridgehead atoms. The summed E-state index contributed by atoms with van der Waals surface area (Å²) in [5, 5.41) is 1.29. The second-order valence-corrected chi connectivity index (χ2v) is 9.53. The Morgan fingerprint density at radius 3 is 2.66 bits per heavy atom. The molecule has 3 aromatic rings. The summed E-state index contributed by atoms with van der Waals surface area (Å²) in [6, 6.07) is 10.1. The minimum Gasteiger partial charge on any atom is -0.493 e. The smallest absolute Gasteiger partial charge is 0.294 e. The lowest BCUT2D eigenvalue weighted by molar-refractivity contribution is -0.127. The van der Waals surface area contributed by atoms with Gasteiger partial charge in [0.2, 0.25) is 5.91 Å². The van der Waals surface area contributed by atoms with E-state index in [0.29, 0.717) is 50.0 Å². The monoisotopic (exact) mass is 607 g/mol. The summed E-state index contributed by atoms with van der Waals surface area (Å²) in [6.07, 6.45) is 3.08. The topological polar surface area (TPSA) is 97.8 Å². The Kier molecular flexibility index (Phi) is 8.37. The van der Waals surface area contributed by atoms with Gasteiger partial charge in [0.05, 0.1) is 27.9 Å². The van der Waals surface area contributed by atoms with E-state index in [4.69, 9.17) is 9.47 Å². The van der Waals surface area contributed by atoms with Crippen LogP contribution in [0.2, 0.25) is 0 Å². The van der Waals surface area contributed by atoms with E-state index >= 15 is 0 Å². The second-order valence-electron chi connectivity index (χ2n) is 7.68. The Hall–Kier alpha value is -3.84. The fourth-order valence-corrected chi connectivity index (χ4v) is 4.75. The summed E-state index contributed by atoms with van der Waals surface area (Å²) in [7, 11) is 1.45. The Balaban J connectivity index is 1.47. The first-order valence-corrected chi connectivity index (χ1v) is 12.4. The first kappa shape index (κ1) is 27.2. The van der Waals surface area contributed by atoms with Crippen molar-refractivity contribution in [1.82, 2.24) is 9.88 Å². The number of amides is 3. The molecule has 38 heavy (non-hydrogen) atoms. The molecule has 13 heteroatoms. The number of hydrogen-bond acceptors (Lipinski definition) is 7. The van der Waals surface area contributed by atoms with Crippen LogP contribution >= 0.6 is 27.7 Å². The molecule has 1 aliphatic heterocycles. The lowest BCUT2D eigenvalue weighted by atomic mass is 10.2. The summed E-state index contributed by atoms with van der Waals surface area (Å²) in [6.45, 7) is -0.571. The van der Waals surface area contributed by atoms with Crippen molar-refractivity contribution in [2.45, 2.75) is 6.61 Å². The SMILES string of the molecule is COc1cc(/C=C2/SC(=O)N(CC(=O)Nc3ccc(F)c(F)c3F)C2=O)cc(Br)c1OCc1ccccn1. The fourth-order valence-electron chi connectivity index (χ4n) is 3.34. The molecule has 3 amide bonds. The highest BCUT2D eigenvalue weighted by Crippen LogP contribution is 2.39. The van der Waals surface area contributed by atoms with Gasteiger partial charge in [0, 0.05) is 6.20 Å². The number of thioether (sulfide) groups is 1. The van der Waals surface area contributed by atoms with Crippen molar-refractivity contribution in [3.05, 3.63) is 86.7 Å². The molecule has 4 rings (SSSR count). The van der Waals surface area contributed by atoms with Crippen molar-refractivity contribution in [1.29, 1.82) is 0 Å². The number of carbonyl (C=O) groups is 3. The molecule has 1 fully saturated rings. The van der Waals surface area contributed by atoms with Gasteiger partial charge in [-0.1, -0.05) is 6.07 Å². The molecule has 0 radical (unpaired) electrons. The number of anilines is 1. The average molecular weight is 608 g/mol. The van der Waals surface area contributed by atoms with Crippen LogP contribution in [0.5, 0.6) is 11.5 Å². The molecule has 1 aliphatic rings. The third-order valence-electron chi connectivity index (χ3n) is 5.12. The van der Waals surface area contributed by atoms with Gasteiger partial charge < -0.3 is 14.8 Å². The van der Waals surface area contributed by atoms with E-state index < -0.39 is 46.7 Å². The quantitative estimate of drug-likeness (QED) is 0.266. The minimum absolute atomic E-state index is 0.0258. The Morgan fingerprint density at radius 1 is 1.16 bits per heavy atom. The number of benzene rings is 2. The number of ether oxygens (including phenoxy) is 2. The molecular weight excluding hydrogens is 591 g/mol. The van der Waals surface area contributed by atoms with Crippen LogP contribution in [0.25, 0.3) is 6.08 Å². The van der Waals surface area contributed by atoms with E-state index in [0.717, 1.165) is 6.07 Å². The van der Waals surface area contributed by atoms with Crippen molar-refractivity contribution >= 4 is 56.5 Å². The van der Waals surface area contributed by atoms with Gasteiger partial charge in [-0.15, -0.1) is 0 Å². The van der Waals surface area contributed by atoms with Crippen LogP contribution in [-0.2, 0) is 16.2 Å². The zero-order chi connectivity index (χ0) is 27.4. The highest BCUT2D eigenvalue weighted by Gasteiger charge is 2.36. The van der Waals surface area contributed by atoms with Crippen LogP contribution in [0.1, 0.15) is 11.3 Å². The maximum atomic E-state index is 13.8. The van der Waals surface area contributed by atoms with E-state index in [2.05, 4.69) is 20.9 Å². The van der Waals surface area contributed by atoms with Gasteiger partial charge in [0.25, 0.3) is 11.1 Å². The molecule has 0 saturated carbocycles. The number of methoxy groups -OCH3 is 1. The molecule has 196 valence electrons. The molecule has 0 aliphatic carbocycles. The van der Waals surface area contributed by atoms with Crippen molar-refractivity contribution in [3.63, 3.8) is 0 Å². The summed E-state index contributed by atoms with van der Waals surface area (Å²) in [5.74, 6) is -5.75. The van der Waals surface area contributed by atoms with Gasteiger partial charge in [-0.05, 0) is 75.7 Å². The third-order valence-corrected chi connectivity index (χ3v) is 6.62. The number of halogens is 4. The summed E-state index contributed by atoms with van der Waals surface area (Å²) in [4.78, 5) is 42.4. The Morgan fingerprint density at radius 2 is 1.95 bits per heavy atom. The standard InChI is InChI=1S/C25H17BrF3N3O5S/c1-36-18-9-13(8-15(26)23(18)37-12-14-4-2-3-7-30-14)10-19-24(34)32(25(35)38-19)11-20(33)31-17-6-5-16(27)21(28)22(17)29/h2-10H,11-12H2,1H3,(H,31,33)/b19-10+. The molecule has 8 nitrogen and oxygen atoms in total. The molecule has 0 unspecified atom stereocenters. The number of hydrogen-bond donors (Lipinski definition) is 1. The van der Waals surface area contributed by atoms with Gasteiger partial charge in [0.1, 0.15) is 13.2 Å². The van der Waals surface area contributed by atoms with Gasteiger partial charge >= 0.3 is 0 Å². The zero-order valence-electron chi connectivity index (χ0n) is 19.5. The normalized spacial score (nSPS) is 14.2. The summed E-state index contributed by atoms with van der Waals surface area (Å²) < 4.78 is 52.1. The predicted octanol–water partition coefficient (Wildman–Crippen LogP) is 5.52. The number of rotatable bonds is 8. The van der Waals surface area contributed by atoms with Crippen LogP contribution in [0, 0.1) is 17.5 Å². The van der Waals surface area contributed by atoms with Gasteiger partial charge in [0.15, 0.2) is 29.0 Å². The van der Waals surface area contributed by atoms with Crippen molar-refractivity contribution in [2.75, 3.05) is 19.0 Å². The van der Waals surface area contributed by atoms with Crippen molar-refractivity contribution in [3.8, 4) is 11.5 Å². The number of carbonyl (C=O) groups excluding carboxylic acids is 3. The van der Waals surface area contributed by atoms with E-state index in [-0.39, 0.29) is 11.5 Å². The molecule has 0 spiro atoms. The Bertz CT molecular complexity index is 1460. The molecule has 2 aromatic carbocycles. The van der Waals surface area contributed by atoms with Crippen LogP contribution in [0.15, 0.2) is 58.0 Å². The van der Waals surface area contributed by atoms with Crippen LogP contribution in [0.4, 0.5) is 23.7 Å². The first-order chi connectivity index (χ1) is 18.2. The van der Waals surface area contributed by atoms with Crippen LogP contribution in [-0.4, -0.2) is 40.6 Å². The van der Waals surface area contributed by atoms with E-state index in [9.17, 15) is 27.6 Å². The number of pyridine rings is 1. The highest BCUT2D eigenvalue weighted by atomic mass is 79.9. The van der Waals surface area contributed by atoms with Crippen molar-refractivity contribution in [2.24, 2.45) is 0 Å². The number of nitrogens with one attached hydrogen (secondary N) is 1. The lowest BCUT2D eigenvalue weighted by Crippen LogP contribution is -2.36. The maximum absolute atomic E-state index is 13.8. The molecular formula is C25H17BrF3N3O5S. The van der Waals surface area contributed by atoms with Gasteiger partial charge in [-0.2, -0.15) is 0 Å². The third kappa shape index (κ3) is 6.00. The van der Waals surface area contributed by atoms with E-state index in [1.807, 2.05) is 11.4 Å². The van der Waals surface area contributed by atoms with Gasteiger partial charge in [-0.25, -0.2) is 13.2 Å². The average Bonchev–Trinajstić information content (AvgIpc) is 3.15. The van der Waals surface area contributed by atoms with Gasteiger partial charge in [-0.3, -0.25) is 24.3 Å². The highest BCUT2D eigenvalue weighted by molar-refractivity contribution is 9.10.